The van der Waals surface area contributed by atoms with E-state index in [1.165, 1.54) is 0 Å². The Kier molecular flexibility index (Phi) is 2.85. The molecule has 0 radical (unpaired) electrons. The summed E-state index contributed by atoms with van der Waals surface area (Å²) in [5, 5.41) is 14.4. The van der Waals surface area contributed by atoms with Gasteiger partial charge in [0.15, 0.2) is 0 Å². The summed E-state index contributed by atoms with van der Waals surface area (Å²) in [6.45, 7) is 0. The fraction of sp³-hybridized carbons (Fsp3) is 0.462. The lowest BCUT2D eigenvalue weighted by molar-refractivity contribution is -0.124. The van der Waals surface area contributed by atoms with Gasteiger partial charge >= 0.3 is 0 Å². The summed E-state index contributed by atoms with van der Waals surface area (Å²) in [5.41, 5.74) is 4.24. The van der Waals surface area contributed by atoms with Crippen LogP contribution in [-0.4, -0.2) is 32.9 Å². The second-order valence-corrected chi connectivity index (χ2v) is 4.99. The minimum absolute atomic E-state index is 0.0468. The average molecular weight is 259 g/mol. The maximum atomic E-state index is 11.8. The number of carbonyl (C=O) groups excluding carboxylic acids is 1. The van der Waals surface area contributed by atoms with E-state index in [1.807, 2.05) is 13.2 Å². The molecule has 0 fully saturated rings. The number of nitrogens with one attached hydrogen (secondary N) is 2. The number of aryl methyl sites for hydroxylation is 2. The first-order chi connectivity index (χ1) is 9.19. The van der Waals surface area contributed by atoms with Gasteiger partial charge < -0.3 is 5.32 Å². The monoisotopic (exact) mass is 259 g/mol. The third kappa shape index (κ3) is 2.03. The summed E-state index contributed by atoms with van der Waals surface area (Å²) in [7, 11) is 3.57. The predicted octanol–water partition coefficient (Wildman–Crippen LogP) is 0.661. The van der Waals surface area contributed by atoms with Crippen molar-refractivity contribution in [2.75, 3.05) is 7.05 Å². The summed E-state index contributed by atoms with van der Waals surface area (Å²) in [6.07, 6.45) is 6.25. The Bertz CT molecular complexity index is 612. The molecule has 0 aromatic carbocycles. The normalized spacial score (nSPS) is 18.1. The highest BCUT2D eigenvalue weighted by atomic mass is 16.1. The smallest absolute Gasteiger partial charge is 0.223 e. The van der Waals surface area contributed by atoms with Gasteiger partial charge in [0.1, 0.15) is 0 Å². The molecule has 2 N–H and O–H groups in total. The van der Waals surface area contributed by atoms with Crippen molar-refractivity contribution in [3.63, 3.8) is 0 Å². The molecule has 1 aliphatic carbocycles. The Morgan fingerprint density at radius 3 is 3.11 bits per heavy atom. The number of aromatic nitrogens is 4. The lowest BCUT2D eigenvalue weighted by Crippen LogP contribution is -2.31. The van der Waals surface area contributed by atoms with Crippen molar-refractivity contribution in [1.29, 1.82) is 0 Å². The highest BCUT2D eigenvalue weighted by Crippen LogP contribution is 2.31. The average Bonchev–Trinajstić information content (AvgIpc) is 3.02. The molecule has 2 heterocycles. The first-order valence-electron chi connectivity index (χ1n) is 6.45. The number of carbonyl (C=O) groups is 1. The second-order valence-electron chi connectivity index (χ2n) is 4.99. The molecule has 3 rings (SSSR count). The molecule has 0 saturated carbocycles. The molecule has 0 aliphatic heterocycles. The maximum Gasteiger partial charge on any atom is 0.223 e. The number of rotatable bonds is 2. The van der Waals surface area contributed by atoms with Crippen molar-refractivity contribution in [2.24, 2.45) is 13.0 Å². The lowest BCUT2D eigenvalue weighted by atomic mass is 9.85. The van der Waals surface area contributed by atoms with E-state index in [0.717, 1.165) is 41.8 Å². The van der Waals surface area contributed by atoms with Crippen molar-refractivity contribution in [1.82, 2.24) is 25.3 Å². The third-order valence-electron chi connectivity index (χ3n) is 3.74. The molecular weight excluding hydrogens is 242 g/mol. The van der Waals surface area contributed by atoms with Crippen LogP contribution in [0.15, 0.2) is 12.4 Å². The van der Waals surface area contributed by atoms with Crippen LogP contribution in [0.4, 0.5) is 0 Å². The van der Waals surface area contributed by atoms with E-state index in [1.54, 1.807) is 17.9 Å². The standard InChI is InChI=1S/C13H17N5O/c1-14-13(19)8-3-4-11-10(5-8)12(17-16-11)9-6-15-18(2)7-9/h6-8H,3-5H2,1-2H3,(H,14,19)(H,16,17)/t8-/m0/s1. The van der Waals surface area contributed by atoms with Crippen molar-refractivity contribution in [3.05, 3.63) is 23.7 Å². The van der Waals surface area contributed by atoms with Crippen LogP contribution < -0.4 is 5.32 Å². The van der Waals surface area contributed by atoms with Gasteiger partial charge in [-0.25, -0.2) is 0 Å². The second kappa shape index (κ2) is 4.53. The van der Waals surface area contributed by atoms with Crippen molar-refractivity contribution < 1.29 is 4.79 Å². The fourth-order valence-corrected chi connectivity index (χ4v) is 2.71. The first kappa shape index (κ1) is 12.0. The van der Waals surface area contributed by atoms with Crippen LogP contribution in [0.3, 0.4) is 0 Å². The van der Waals surface area contributed by atoms with Crippen LogP contribution in [0, 0.1) is 5.92 Å². The molecule has 100 valence electrons. The third-order valence-corrected chi connectivity index (χ3v) is 3.74. The Hall–Kier alpha value is -2.11. The van der Waals surface area contributed by atoms with E-state index in [-0.39, 0.29) is 11.8 Å². The van der Waals surface area contributed by atoms with E-state index in [2.05, 4.69) is 20.6 Å². The van der Waals surface area contributed by atoms with Crippen LogP contribution in [-0.2, 0) is 24.7 Å². The Morgan fingerprint density at radius 2 is 2.42 bits per heavy atom. The van der Waals surface area contributed by atoms with Crippen LogP contribution in [0.5, 0.6) is 0 Å². The summed E-state index contributed by atoms with van der Waals surface area (Å²) in [6, 6.07) is 0. The quantitative estimate of drug-likeness (QED) is 0.832. The fourth-order valence-electron chi connectivity index (χ4n) is 2.71. The zero-order chi connectivity index (χ0) is 13.4. The lowest BCUT2D eigenvalue weighted by Gasteiger charge is -2.20. The van der Waals surface area contributed by atoms with Crippen molar-refractivity contribution in [2.45, 2.75) is 19.3 Å². The van der Waals surface area contributed by atoms with Gasteiger partial charge in [0.2, 0.25) is 5.91 Å². The van der Waals surface area contributed by atoms with Crippen LogP contribution in [0.25, 0.3) is 11.3 Å². The summed E-state index contributed by atoms with van der Waals surface area (Å²) in [5.74, 6) is 0.162. The molecule has 0 bridgehead atoms. The molecule has 6 nitrogen and oxygen atoms in total. The molecule has 1 amide bonds. The van der Waals surface area contributed by atoms with Gasteiger partial charge in [-0.2, -0.15) is 10.2 Å². The Morgan fingerprint density at radius 1 is 1.58 bits per heavy atom. The molecular formula is C13H17N5O. The van der Waals surface area contributed by atoms with Crippen molar-refractivity contribution >= 4 is 5.91 Å². The Balaban J connectivity index is 1.94. The summed E-state index contributed by atoms with van der Waals surface area (Å²) >= 11 is 0. The van der Waals surface area contributed by atoms with Gasteiger partial charge in [-0.15, -0.1) is 0 Å². The van der Waals surface area contributed by atoms with Gasteiger partial charge in [-0.3, -0.25) is 14.6 Å². The van der Waals surface area contributed by atoms with Gasteiger partial charge in [0.05, 0.1) is 11.9 Å². The number of fused-ring (bicyclic) bond motifs is 1. The molecule has 19 heavy (non-hydrogen) atoms. The minimum atomic E-state index is 0.0468. The molecule has 0 spiro atoms. The van der Waals surface area contributed by atoms with Crippen molar-refractivity contribution in [3.8, 4) is 11.3 Å². The number of H-pyrrole nitrogens is 1. The van der Waals surface area contributed by atoms with E-state index < -0.39 is 0 Å². The molecule has 1 aliphatic rings. The SMILES string of the molecule is CNC(=O)[C@H]1CCc2[nH]nc(-c3cnn(C)c3)c2C1. The zero-order valence-electron chi connectivity index (χ0n) is 11.1. The van der Waals surface area contributed by atoms with E-state index in [0.29, 0.717) is 0 Å². The molecule has 6 heteroatoms. The molecule has 0 unspecified atom stereocenters. The Labute approximate surface area is 111 Å². The summed E-state index contributed by atoms with van der Waals surface area (Å²) < 4.78 is 1.76. The number of hydrogen-bond acceptors (Lipinski definition) is 3. The van der Waals surface area contributed by atoms with E-state index >= 15 is 0 Å². The van der Waals surface area contributed by atoms with Crippen LogP contribution in [0.2, 0.25) is 0 Å². The zero-order valence-corrected chi connectivity index (χ0v) is 11.1. The van der Waals surface area contributed by atoms with Gasteiger partial charge in [-0.05, 0) is 19.3 Å². The molecule has 1 atom stereocenters. The first-order valence-corrected chi connectivity index (χ1v) is 6.45. The number of aromatic amines is 1. The van der Waals surface area contributed by atoms with Gasteiger partial charge in [0, 0.05) is 43.0 Å². The highest BCUT2D eigenvalue weighted by molar-refractivity contribution is 5.79. The van der Waals surface area contributed by atoms with E-state index in [9.17, 15) is 4.79 Å². The highest BCUT2D eigenvalue weighted by Gasteiger charge is 2.28. The number of hydrogen-bond donors (Lipinski definition) is 2. The topological polar surface area (TPSA) is 75.6 Å². The predicted molar refractivity (Wildman–Crippen MR) is 70.4 cm³/mol. The number of amides is 1. The molecule has 0 saturated heterocycles. The maximum absolute atomic E-state index is 11.8. The van der Waals surface area contributed by atoms with E-state index in [4.69, 9.17) is 0 Å². The summed E-state index contributed by atoms with van der Waals surface area (Å²) in [4.78, 5) is 11.8. The molecule has 2 aromatic heterocycles. The van der Waals surface area contributed by atoms with Crippen LogP contribution in [0.1, 0.15) is 17.7 Å². The minimum Gasteiger partial charge on any atom is -0.359 e. The largest absolute Gasteiger partial charge is 0.359 e. The number of nitrogens with zero attached hydrogens (tertiary/aromatic N) is 3. The van der Waals surface area contributed by atoms with Crippen LogP contribution >= 0.6 is 0 Å². The molecule has 2 aromatic rings. The van der Waals surface area contributed by atoms with Gasteiger partial charge in [-0.1, -0.05) is 0 Å². The van der Waals surface area contributed by atoms with Gasteiger partial charge in [0.25, 0.3) is 0 Å².